The predicted octanol–water partition coefficient (Wildman–Crippen LogP) is 5.30. The van der Waals surface area contributed by atoms with Gasteiger partial charge in [-0.1, -0.05) is 0 Å². The van der Waals surface area contributed by atoms with E-state index in [4.69, 9.17) is 0 Å². The summed E-state index contributed by atoms with van der Waals surface area (Å²) < 4.78 is 0.767. The molecule has 0 fully saturated rings. The second-order valence-electron chi connectivity index (χ2n) is 6.44. The van der Waals surface area contributed by atoms with Gasteiger partial charge < -0.3 is 0 Å². The summed E-state index contributed by atoms with van der Waals surface area (Å²) in [6.45, 7) is 18.3. The molecule has 0 bridgehead atoms. The molecular weight excluding hydrogens is 338 g/mol. The van der Waals surface area contributed by atoms with E-state index < -0.39 is 16.2 Å². The van der Waals surface area contributed by atoms with E-state index in [2.05, 4.69) is 75.9 Å². The van der Waals surface area contributed by atoms with Gasteiger partial charge in [-0.3, -0.25) is 0 Å². The van der Waals surface area contributed by atoms with Crippen LogP contribution in [0.1, 0.15) is 48.0 Å². The zero-order chi connectivity index (χ0) is 17.2. The van der Waals surface area contributed by atoms with Gasteiger partial charge >= 0.3 is 150 Å². The zero-order valence-corrected chi connectivity index (χ0v) is 18.7. The Morgan fingerprint density at radius 3 is 1.91 bits per heavy atom. The molecule has 130 valence electrons. The first-order valence-corrected chi connectivity index (χ1v) is 14.5. The number of rotatable bonds is 9. The fourth-order valence-electron chi connectivity index (χ4n) is 3.62. The van der Waals surface area contributed by atoms with Gasteiger partial charge in [0.15, 0.2) is 0 Å². The third kappa shape index (κ3) is 5.79. The fraction of sp³-hybridized carbons (Fsp3) is 0.700. The van der Waals surface area contributed by atoms with Crippen LogP contribution in [-0.4, -0.2) is 52.2 Å². The van der Waals surface area contributed by atoms with Crippen molar-refractivity contribution in [2.45, 2.75) is 62.4 Å². The summed E-state index contributed by atoms with van der Waals surface area (Å²) in [4.78, 5) is 7.80. The predicted molar refractivity (Wildman–Crippen MR) is 106 cm³/mol. The molecule has 0 spiro atoms. The van der Waals surface area contributed by atoms with E-state index in [-0.39, 0.29) is 0 Å². The Kier molecular flexibility index (Phi) is 9.88. The summed E-state index contributed by atoms with van der Waals surface area (Å²) in [5.74, 6) is 0. The van der Waals surface area contributed by atoms with Crippen LogP contribution in [0.2, 0.25) is 14.4 Å². The van der Waals surface area contributed by atoms with Crippen molar-refractivity contribution in [1.29, 1.82) is 0 Å². The van der Waals surface area contributed by atoms with Crippen LogP contribution in [-0.2, 0) is 0 Å². The molecule has 0 radical (unpaired) electrons. The van der Waals surface area contributed by atoms with Crippen LogP contribution >= 0.6 is 0 Å². The van der Waals surface area contributed by atoms with Crippen LogP contribution in [0.15, 0.2) is 35.7 Å². The molecule has 1 unspecified atom stereocenters. The standard InChI is InChI=1S/C16H27N2.2C2H5.Ga/c1-5-17(6-2)13-15-10-9-11-16(12-15)14-18(7-3)8-4;2*1-2;/h9-10,12-14H,5-8,11H2,1-4H3;2*1H2,2H3;. The maximum atomic E-state index is 2.49. The van der Waals surface area contributed by atoms with Gasteiger partial charge in [0.25, 0.3) is 0 Å². The molecule has 1 atom stereocenters. The monoisotopic (exact) mass is 374 g/mol. The van der Waals surface area contributed by atoms with E-state index in [0.717, 1.165) is 37.1 Å². The Balaban J connectivity index is 3.23. The van der Waals surface area contributed by atoms with Gasteiger partial charge in [-0.25, -0.2) is 0 Å². The van der Waals surface area contributed by atoms with Crippen molar-refractivity contribution in [2.75, 3.05) is 26.2 Å². The van der Waals surface area contributed by atoms with E-state index in [1.54, 1.807) is 11.1 Å². The van der Waals surface area contributed by atoms with Crippen molar-refractivity contribution in [3.63, 3.8) is 0 Å². The average Bonchev–Trinajstić information content (AvgIpc) is 2.59. The molecule has 0 saturated heterocycles. The van der Waals surface area contributed by atoms with E-state index in [0.29, 0.717) is 0 Å². The van der Waals surface area contributed by atoms with Gasteiger partial charge in [0.1, 0.15) is 0 Å². The topological polar surface area (TPSA) is 6.48 Å². The Morgan fingerprint density at radius 2 is 1.43 bits per heavy atom. The number of allylic oxidation sites excluding steroid dienone is 4. The van der Waals surface area contributed by atoms with E-state index in [1.165, 1.54) is 9.95 Å². The summed E-state index contributed by atoms with van der Waals surface area (Å²) in [7, 11) is 0. The first-order chi connectivity index (χ1) is 11.1. The third-order valence-corrected chi connectivity index (χ3v) is 13.3. The number of nitrogens with zero attached hydrogens (tertiary/aromatic N) is 2. The minimum absolute atomic E-state index is 0.767. The second-order valence-corrected chi connectivity index (χ2v) is 14.5. The third-order valence-electron chi connectivity index (χ3n) is 5.25. The van der Waals surface area contributed by atoms with Gasteiger partial charge in [0, 0.05) is 0 Å². The molecule has 0 saturated carbocycles. The van der Waals surface area contributed by atoms with Crippen LogP contribution in [0.4, 0.5) is 0 Å². The van der Waals surface area contributed by atoms with Crippen molar-refractivity contribution in [2.24, 2.45) is 0 Å². The van der Waals surface area contributed by atoms with Gasteiger partial charge in [-0.15, -0.1) is 0 Å². The van der Waals surface area contributed by atoms with Crippen molar-refractivity contribution < 1.29 is 0 Å². The minimum atomic E-state index is -1.33. The molecule has 23 heavy (non-hydrogen) atoms. The van der Waals surface area contributed by atoms with Crippen LogP contribution in [0.25, 0.3) is 0 Å². The van der Waals surface area contributed by atoms with Gasteiger partial charge in [-0.05, 0) is 0 Å². The van der Waals surface area contributed by atoms with Crippen molar-refractivity contribution in [3.8, 4) is 0 Å². The molecule has 1 aliphatic rings. The zero-order valence-electron chi connectivity index (χ0n) is 16.3. The summed E-state index contributed by atoms with van der Waals surface area (Å²) >= 11 is -1.33. The first-order valence-electron chi connectivity index (χ1n) is 9.71. The number of hydrogen-bond acceptors (Lipinski definition) is 2. The Morgan fingerprint density at radius 1 is 0.913 bits per heavy atom. The maximum absolute atomic E-state index is 2.49. The van der Waals surface area contributed by atoms with E-state index in [1.807, 2.05) is 0 Å². The molecule has 0 N–H and O–H groups in total. The fourth-order valence-corrected chi connectivity index (χ4v) is 10.1. The van der Waals surface area contributed by atoms with E-state index in [9.17, 15) is 0 Å². The van der Waals surface area contributed by atoms with Gasteiger partial charge in [0.2, 0.25) is 0 Å². The normalized spacial score (nSPS) is 21.0. The SMILES string of the molecule is CCN(C=C1C=CCC(=CN(CC)CC)[CH]1[Ga]([CH2]C)[CH2]C)CC. The first kappa shape index (κ1) is 20.5. The molecular formula is C20H37GaN2. The average molecular weight is 375 g/mol. The Labute approximate surface area is 150 Å². The number of hydrogen-bond donors (Lipinski definition) is 0. The van der Waals surface area contributed by atoms with Crippen molar-refractivity contribution >= 4 is 16.2 Å². The summed E-state index contributed by atoms with van der Waals surface area (Å²) in [6.07, 6.45) is 10.9. The van der Waals surface area contributed by atoms with Crippen LogP contribution in [0, 0.1) is 0 Å². The molecule has 0 aromatic heterocycles. The molecule has 1 rings (SSSR count). The molecule has 2 nitrogen and oxygen atoms in total. The molecule has 0 aromatic rings. The van der Waals surface area contributed by atoms with Gasteiger partial charge in [0.05, 0.1) is 0 Å². The summed E-state index contributed by atoms with van der Waals surface area (Å²) in [5.41, 5.74) is 3.27. The molecule has 3 heteroatoms. The molecule has 0 aliphatic heterocycles. The second kappa shape index (κ2) is 11.1. The molecule has 0 heterocycles. The van der Waals surface area contributed by atoms with Crippen LogP contribution in [0.3, 0.4) is 0 Å². The van der Waals surface area contributed by atoms with Crippen molar-refractivity contribution in [3.05, 3.63) is 35.7 Å². The Hall–Kier alpha value is -0.544. The van der Waals surface area contributed by atoms with E-state index >= 15 is 0 Å². The Bertz CT molecular complexity index is 413. The van der Waals surface area contributed by atoms with Crippen LogP contribution < -0.4 is 0 Å². The summed E-state index contributed by atoms with van der Waals surface area (Å²) in [6, 6.07) is 0. The molecule has 1 aliphatic carbocycles. The van der Waals surface area contributed by atoms with Crippen molar-refractivity contribution in [1.82, 2.24) is 9.80 Å². The van der Waals surface area contributed by atoms with Gasteiger partial charge in [-0.2, -0.15) is 0 Å². The van der Waals surface area contributed by atoms with Crippen LogP contribution in [0.5, 0.6) is 0 Å². The quantitative estimate of drug-likeness (QED) is 0.505. The summed E-state index contributed by atoms with van der Waals surface area (Å²) in [5, 5.41) is 0. The molecule has 0 aromatic carbocycles. The molecule has 0 amide bonds.